The Morgan fingerprint density at radius 3 is 2.52 bits per heavy atom. The molecule has 2 rings (SSSR count). The summed E-state index contributed by atoms with van der Waals surface area (Å²) in [7, 11) is 0. The number of thiocarbonyl (C=S) groups is 1. The number of ether oxygens (including phenoxy) is 1. The third kappa shape index (κ3) is 3.32. The average molecular weight is 327 g/mol. The monoisotopic (exact) mass is 326 g/mol. The molecule has 0 aromatic heterocycles. The number of aromatic hydroxyl groups is 1. The molecule has 8 heteroatoms. The van der Waals surface area contributed by atoms with E-state index in [1.165, 1.54) is 18.2 Å². The molecule has 0 atom stereocenters. The summed E-state index contributed by atoms with van der Waals surface area (Å²) in [6.45, 7) is 2.08. The van der Waals surface area contributed by atoms with Gasteiger partial charge in [0.15, 0.2) is 16.6 Å². The lowest BCUT2D eigenvalue weighted by atomic mass is 10.1. The van der Waals surface area contributed by atoms with Crippen molar-refractivity contribution in [3.05, 3.63) is 28.3 Å². The second-order valence-electron chi connectivity index (χ2n) is 4.08. The highest BCUT2D eigenvalue weighted by molar-refractivity contribution is 7.80. The zero-order valence-corrected chi connectivity index (χ0v) is 12.5. The molecule has 0 saturated carbocycles. The van der Waals surface area contributed by atoms with E-state index in [4.69, 9.17) is 28.6 Å². The van der Waals surface area contributed by atoms with Crippen molar-refractivity contribution < 1.29 is 19.4 Å². The first-order valence-corrected chi connectivity index (χ1v) is 6.74. The summed E-state index contributed by atoms with van der Waals surface area (Å²) in [5, 5.41) is 14.4. The Balaban J connectivity index is 2.42. The highest BCUT2D eigenvalue weighted by Crippen LogP contribution is 2.35. The molecule has 0 unspecified atom stereocenters. The van der Waals surface area contributed by atoms with Gasteiger partial charge in [0.2, 0.25) is 0 Å². The molecule has 3 N–H and O–H groups in total. The minimum Gasteiger partial charge on any atom is -0.503 e. The quantitative estimate of drug-likeness (QED) is 0.443. The predicted molar refractivity (Wildman–Crippen MR) is 81.1 cm³/mol. The van der Waals surface area contributed by atoms with Crippen molar-refractivity contribution >= 4 is 46.8 Å². The Morgan fingerprint density at radius 1 is 1.33 bits per heavy atom. The third-order valence-corrected chi connectivity index (χ3v) is 3.10. The van der Waals surface area contributed by atoms with Crippen LogP contribution in [0.15, 0.2) is 17.7 Å². The highest BCUT2D eigenvalue weighted by atomic mass is 35.5. The van der Waals surface area contributed by atoms with E-state index in [1.807, 2.05) is 0 Å². The first-order valence-electron chi connectivity index (χ1n) is 5.96. The molecule has 110 valence electrons. The van der Waals surface area contributed by atoms with Crippen molar-refractivity contribution in [2.45, 2.75) is 6.92 Å². The fraction of sp³-hybridized carbons (Fsp3) is 0.154. The van der Waals surface area contributed by atoms with Crippen molar-refractivity contribution in [3.63, 3.8) is 0 Å². The minimum absolute atomic E-state index is 0.0408. The number of hydrogen-bond donors (Lipinski definition) is 3. The molecule has 21 heavy (non-hydrogen) atoms. The molecular formula is C13H11ClN2O4S. The van der Waals surface area contributed by atoms with Gasteiger partial charge >= 0.3 is 0 Å². The van der Waals surface area contributed by atoms with Gasteiger partial charge in [-0.05, 0) is 42.9 Å². The van der Waals surface area contributed by atoms with E-state index in [0.717, 1.165) is 0 Å². The van der Waals surface area contributed by atoms with Crippen molar-refractivity contribution in [2.24, 2.45) is 0 Å². The van der Waals surface area contributed by atoms with Crippen LogP contribution in [0, 0.1) is 0 Å². The molecule has 1 aromatic carbocycles. The van der Waals surface area contributed by atoms with Crippen LogP contribution in [-0.2, 0) is 9.59 Å². The number of rotatable bonds is 3. The minimum atomic E-state index is -0.606. The van der Waals surface area contributed by atoms with Crippen LogP contribution in [0.1, 0.15) is 12.5 Å². The maximum absolute atomic E-state index is 11.7. The number of halogens is 1. The maximum atomic E-state index is 11.7. The zero-order valence-electron chi connectivity index (χ0n) is 10.9. The molecule has 0 radical (unpaired) electrons. The summed E-state index contributed by atoms with van der Waals surface area (Å²) >= 11 is 10.6. The number of benzene rings is 1. The van der Waals surface area contributed by atoms with Gasteiger partial charge in [0.1, 0.15) is 5.57 Å². The van der Waals surface area contributed by atoms with Gasteiger partial charge in [0.25, 0.3) is 11.8 Å². The first kappa shape index (κ1) is 15.3. The molecule has 1 aliphatic heterocycles. The smallest absolute Gasteiger partial charge is 0.263 e. The van der Waals surface area contributed by atoms with E-state index in [0.29, 0.717) is 12.2 Å². The summed E-state index contributed by atoms with van der Waals surface area (Å²) in [4.78, 5) is 23.5. The van der Waals surface area contributed by atoms with E-state index in [-0.39, 0.29) is 27.2 Å². The molecule has 1 saturated heterocycles. The van der Waals surface area contributed by atoms with Crippen molar-refractivity contribution in [1.82, 2.24) is 10.6 Å². The van der Waals surface area contributed by atoms with Crippen molar-refractivity contribution in [1.29, 1.82) is 0 Å². The fourth-order valence-corrected chi connectivity index (χ4v) is 2.12. The molecule has 0 spiro atoms. The van der Waals surface area contributed by atoms with Crippen LogP contribution in [0.3, 0.4) is 0 Å². The predicted octanol–water partition coefficient (Wildman–Crippen LogP) is 1.36. The Bertz CT molecular complexity index is 650. The second kappa shape index (κ2) is 6.11. The summed E-state index contributed by atoms with van der Waals surface area (Å²) in [6.07, 6.45) is 1.33. The van der Waals surface area contributed by atoms with Gasteiger partial charge in [-0.2, -0.15) is 0 Å². The average Bonchev–Trinajstić information content (AvgIpc) is 2.39. The van der Waals surface area contributed by atoms with E-state index in [2.05, 4.69) is 10.6 Å². The first-order chi connectivity index (χ1) is 9.92. The van der Waals surface area contributed by atoms with Gasteiger partial charge in [-0.25, -0.2) is 0 Å². The molecule has 0 bridgehead atoms. The number of carbonyl (C=O) groups excluding carboxylic acids is 2. The topological polar surface area (TPSA) is 87.7 Å². The number of amides is 2. The molecule has 1 fully saturated rings. The van der Waals surface area contributed by atoms with E-state index in [1.54, 1.807) is 6.92 Å². The van der Waals surface area contributed by atoms with Gasteiger partial charge < -0.3 is 9.84 Å². The molecule has 0 aliphatic carbocycles. The lowest BCUT2D eigenvalue weighted by molar-refractivity contribution is -0.123. The van der Waals surface area contributed by atoms with Crippen LogP contribution in [0.4, 0.5) is 0 Å². The van der Waals surface area contributed by atoms with Crippen LogP contribution in [-0.4, -0.2) is 28.6 Å². The molecule has 1 heterocycles. The number of phenols is 1. The molecule has 1 aromatic rings. The summed E-state index contributed by atoms with van der Waals surface area (Å²) in [6, 6.07) is 2.89. The van der Waals surface area contributed by atoms with Crippen LogP contribution in [0.5, 0.6) is 11.5 Å². The zero-order chi connectivity index (χ0) is 15.6. The molecular weight excluding hydrogens is 316 g/mol. The normalized spacial score (nSPS) is 14.6. The number of phenolic OH excluding ortho intramolecular Hbond substituents is 1. The Hall–Kier alpha value is -2.12. The Morgan fingerprint density at radius 2 is 1.95 bits per heavy atom. The summed E-state index contributed by atoms with van der Waals surface area (Å²) in [5.74, 6) is -1.24. The molecule has 2 amide bonds. The SMILES string of the molecule is CCOc1cc(C=C2C(=O)NC(=S)NC2=O)cc(Cl)c1O. The Kier molecular flexibility index (Phi) is 4.44. The van der Waals surface area contributed by atoms with E-state index < -0.39 is 11.8 Å². The van der Waals surface area contributed by atoms with Gasteiger partial charge in [0.05, 0.1) is 11.6 Å². The highest BCUT2D eigenvalue weighted by Gasteiger charge is 2.25. The second-order valence-corrected chi connectivity index (χ2v) is 4.89. The Labute approximate surface area is 130 Å². The van der Waals surface area contributed by atoms with Crippen molar-refractivity contribution in [2.75, 3.05) is 6.61 Å². The summed E-state index contributed by atoms with van der Waals surface area (Å²) < 4.78 is 5.23. The van der Waals surface area contributed by atoms with Gasteiger partial charge in [-0.1, -0.05) is 11.6 Å². The maximum Gasteiger partial charge on any atom is 0.263 e. The largest absolute Gasteiger partial charge is 0.503 e. The van der Waals surface area contributed by atoms with E-state index >= 15 is 0 Å². The van der Waals surface area contributed by atoms with Crippen LogP contribution in [0.25, 0.3) is 6.08 Å². The number of hydrogen-bond acceptors (Lipinski definition) is 5. The van der Waals surface area contributed by atoms with Crippen LogP contribution in [0.2, 0.25) is 5.02 Å². The van der Waals surface area contributed by atoms with E-state index in [9.17, 15) is 14.7 Å². The molecule has 1 aliphatic rings. The van der Waals surface area contributed by atoms with Gasteiger partial charge in [-0.3, -0.25) is 20.2 Å². The fourth-order valence-electron chi connectivity index (χ4n) is 1.72. The van der Waals surface area contributed by atoms with Crippen LogP contribution < -0.4 is 15.4 Å². The lowest BCUT2D eigenvalue weighted by Crippen LogP contribution is -2.51. The van der Waals surface area contributed by atoms with Gasteiger partial charge in [0, 0.05) is 0 Å². The van der Waals surface area contributed by atoms with Gasteiger partial charge in [-0.15, -0.1) is 0 Å². The standard InChI is InChI=1S/C13H11ClN2O4S/c1-2-20-9-5-6(4-8(14)10(9)17)3-7-11(18)15-13(21)16-12(7)19/h3-5,17H,2H2,1H3,(H2,15,16,18,19,21). The summed E-state index contributed by atoms with van der Waals surface area (Å²) in [5.41, 5.74) is 0.321. The van der Waals surface area contributed by atoms with Crippen LogP contribution >= 0.6 is 23.8 Å². The molecule has 6 nitrogen and oxygen atoms in total. The van der Waals surface area contributed by atoms with Crippen molar-refractivity contribution in [3.8, 4) is 11.5 Å². The lowest BCUT2D eigenvalue weighted by Gasteiger charge is -2.16. The number of nitrogens with one attached hydrogen (secondary N) is 2. The number of carbonyl (C=O) groups is 2. The third-order valence-electron chi connectivity index (χ3n) is 2.60.